The minimum Gasteiger partial charge on any atom is -0.497 e. The molecule has 2 aromatic carbocycles. The van der Waals surface area contributed by atoms with Gasteiger partial charge in [-0.3, -0.25) is 9.69 Å². The quantitative estimate of drug-likeness (QED) is 0.569. The fraction of sp³-hybridized carbons (Fsp3) is 0.400. The molecule has 8 nitrogen and oxygen atoms in total. The van der Waals surface area contributed by atoms with Crippen molar-refractivity contribution < 1.29 is 14.3 Å². The molecule has 0 spiro atoms. The lowest BCUT2D eigenvalue weighted by Gasteiger charge is -2.21. The first-order valence-corrected chi connectivity index (χ1v) is 11.4. The van der Waals surface area contributed by atoms with Crippen LogP contribution in [0.3, 0.4) is 0 Å². The highest BCUT2D eigenvalue weighted by Crippen LogP contribution is 2.22. The van der Waals surface area contributed by atoms with Crippen molar-refractivity contribution in [2.45, 2.75) is 39.4 Å². The van der Waals surface area contributed by atoms with Crippen LogP contribution in [0.4, 0.5) is 0 Å². The van der Waals surface area contributed by atoms with E-state index in [1.54, 1.807) is 25.3 Å². The van der Waals surface area contributed by atoms with Crippen LogP contribution in [0.5, 0.6) is 11.5 Å². The number of hydrogen-bond acceptors (Lipinski definition) is 6. The lowest BCUT2D eigenvalue weighted by atomic mass is 10.2. The van der Waals surface area contributed by atoms with Crippen molar-refractivity contribution in [2.75, 3.05) is 26.8 Å². The van der Waals surface area contributed by atoms with Gasteiger partial charge < -0.3 is 19.4 Å². The van der Waals surface area contributed by atoms with Gasteiger partial charge in [-0.25, -0.2) is 0 Å². The maximum absolute atomic E-state index is 12.8. The lowest BCUT2D eigenvalue weighted by molar-refractivity contribution is 0.0937. The van der Waals surface area contributed by atoms with Gasteiger partial charge in [-0.05, 0) is 38.1 Å². The monoisotopic (exact) mass is 449 g/mol. The number of nitrogens with zero attached hydrogens (tertiary/aromatic N) is 4. The summed E-state index contributed by atoms with van der Waals surface area (Å²) < 4.78 is 13.2. The molecule has 1 aromatic heterocycles. The molecule has 0 radical (unpaired) electrons. The van der Waals surface area contributed by atoms with E-state index in [0.717, 1.165) is 50.0 Å². The Morgan fingerprint density at radius 1 is 1.12 bits per heavy atom. The Morgan fingerprint density at radius 2 is 1.97 bits per heavy atom. The summed E-state index contributed by atoms with van der Waals surface area (Å²) in [5.41, 5.74) is 1.74. The van der Waals surface area contributed by atoms with Gasteiger partial charge in [-0.2, -0.15) is 0 Å². The number of benzene rings is 2. The number of ether oxygens (including phenoxy) is 2. The Hall–Kier alpha value is -3.39. The van der Waals surface area contributed by atoms with E-state index in [4.69, 9.17) is 9.47 Å². The van der Waals surface area contributed by atoms with Gasteiger partial charge in [0, 0.05) is 43.7 Å². The molecule has 1 aliphatic heterocycles. The van der Waals surface area contributed by atoms with Crippen molar-refractivity contribution in [3.63, 3.8) is 0 Å². The van der Waals surface area contributed by atoms with E-state index in [1.165, 1.54) is 5.56 Å². The zero-order valence-corrected chi connectivity index (χ0v) is 19.5. The molecule has 1 aliphatic rings. The first kappa shape index (κ1) is 22.8. The van der Waals surface area contributed by atoms with Gasteiger partial charge in [-0.1, -0.05) is 24.3 Å². The van der Waals surface area contributed by atoms with Crippen LogP contribution in [0.15, 0.2) is 48.5 Å². The molecule has 0 saturated heterocycles. The number of nitrogens with one attached hydrogen (secondary N) is 1. The average Bonchev–Trinajstić information content (AvgIpc) is 3.14. The molecule has 0 unspecified atom stereocenters. The molecule has 2 heterocycles. The number of aromatic nitrogens is 3. The third-order valence-corrected chi connectivity index (χ3v) is 5.88. The highest BCUT2D eigenvalue weighted by Gasteiger charge is 2.23. The van der Waals surface area contributed by atoms with E-state index in [-0.39, 0.29) is 11.9 Å². The van der Waals surface area contributed by atoms with E-state index < -0.39 is 0 Å². The van der Waals surface area contributed by atoms with Crippen LogP contribution in [0.25, 0.3) is 0 Å². The van der Waals surface area contributed by atoms with Crippen LogP contribution in [0, 0.1) is 0 Å². The van der Waals surface area contributed by atoms with Crippen molar-refractivity contribution in [3.05, 3.63) is 71.3 Å². The Bertz CT molecular complexity index is 1100. The molecule has 0 fully saturated rings. The lowest BCUT2D eigenvalue weighted by Crippen LogP contribution is -2.30. The van der Waals surface area contributed by atoms with Crippen LogP contribution in [0.1, 0.15) is 47.5 Å². The molecule has 174 valence electrons. The maximum Gasteiger partial charge on any atom is 0.251 e. The standard InChI is InChI=1S/C25H31N5O3/c1-4-33-22-11-6-5-8-20(22)17-29-13-12-23-27-28-24(30(23)15-14-29)18(2)26-25(31)19-9-7-10-21(16-19)32-3/h5-11,16,18H,4,12-15,17H2,1-3H3,(H,26,31)/t18-/m1/s1. The summed E-state index contributed by atoms with van der Waals surface area (Å²) in [6.07, 6.45) is 0.806. The van der Waals surface area contributed by atoms with Gasteiger partial charge in [0.2, 0.25) is 0 Å². The summed E-state index contributed by atoms with van der Waals surface area (Å²) in [4.78, 5) is 15.2. The van der Waals surface area contributed by atoms with E-state index in [2.05, 4.69) is 37.1 Å². The van der Waals surface area contributed by atoms with Crippen LogP contribution in [-0.2, 0) is 19.5 Å². The second-order valence-corrected chi connectivity index (χ2v) is 8.12. The highest BCUT2D eigenvalue weighted by molar-refractivity contribution is 5.94. The summed E-state index contributed by atoms with van der Waals surface area (Å²) in [7, 11) is 1.59. The normalized spacial score (nSPS) is 14.8. The van der Waals surface area contributed by atoms with Gasteiger partial charge in [0.1, 0.15) is 17.3 Å². The predicted molar refractivity (Wildman–Crippen MR) is 125 cm³/mol. The number of methoxy groups -OCH3 is 1. The molecule has 1 atom stereocenters. The van der Waals surface area contributed by atoms with Gasteiger partial charge in [0.25, 0.3) is 5.91 Å². The number of carbonyl (C=O) groups excluding carboxylic acids is 1. The molecule has 0 saturated carbocycles. The van der Waals surface area contributed by atoms with Crippen LogP contribution in [-0.4, -0.2) is 52.4 Å². The smallest absolute Gasteiger partial charge is 0.251 e. The third kappa shape index (κ3) is 5.34. The van der Waals surface area contributed by atoms with E-state index in [1.807, 2.05) is 32.0 Å². The van der Waals surface area contributed by atoms with Crippen LogP contribution >= 0.6 is 0 Å². The average molecular weight is 450 g/mol. The minimum atomic E-state index is -0.268. The number of hydrogen-bond donors (Lipinski definition) is 1. The number of para-hydroxylation sites is 1. The molecule has 4 rings (SSSR count). The number of amides is 1. The fourth-order valence-corrected chi connectivity index (χ4v) is 4.15. The van der Waals surface area contributed by atoms with Crippen LogP contribution < -0.4 is 14.8 Å². The van der Waals surface area contributed by atoms with Gasteiger partial charge in [0.15, 0.2) is 5.82 Å². The molecule has 1 amide bonds. The number of carbonyl (C=O) groups is 1. The molecule has 33 heavy (non-hydrogen) atoms. The topological polar surface area (TPSA) is 81.5 Å². The Labute approximate surface area is 194 Å². The summed E-state index contributed by atoms with van der Waals surface area (Å²) in [5, 5.41) is 11.9. The van der Waals surface area contributed by atoms with Crippen molar-refractivity contribution in [1.29, 1.82) is 0 Å². The maximum atomic E-state index is 12.8. The zero-order valence-electron chi connectivity index (χ0n) is 19.5. The van der Waals surface area contributed by atoms with Gasteiger partial charge in [-0.15, -0.1) is 10.2 Å². The largest absolute Gasteiger partial charge is 0.497 e. The van der Waals surface area contributed by atoms with E-state index >= 15 is 0 Å². The fourth-order valence-electron chi connectivity index (χ4n) is 4.15. The molecule has 8 heteroatoms. The first-order chi connectivity index (χ1) is 16.1. The van der Waals surface area contributed by atoms with E-state index in [9.17, 15) is 4.79 Å². The molecular formula is C25H31N5O3. The van der Waals surface area contributed by atoms with Crippen molar-refractivity contribution >= 4 is 5.91 Å². The summed E-state index contributed by atoms with van der Waals surface area (Å²) in [6.45, 7) is 7.96. The third-order valence-electron chi connectivity index (χ3n) is 5.88. The number of rotatable bonds is 8. The molecule has 3 aromatic rings. The predicted octanol–water partition coefficient (Wildman–Crippen LogP) is 3.23. The summed E-state index contributed by atoms with van der Waals surface area (Å²) in [6, 6.07) is 15.1. The SMILES string of the molecule is CCOc1ccccc1CN1CCc2nnc([C@@H](C)NC(=O)c3cccc(OC)c3)n2CC1. The molecule has 1 N–H and O–H groups in total. The van der Waals surface area contributed by atoms with E-state index in [0.29, 0.717) is 17.9 Å². The molecular weight excluding hydrogens is 418 g/mol. The Kier molecular flexibility index (Phi) is 7.24. The first-order valence-electron chi connectivity index (χ1n) is 11.4. The summed E-state index contributed by atoms with van der Waals surface area (Å²) >= 11 is 0. The molecule has 0 bridgehead atoms. The Morgan fingerprint density at radius 3 is 2.79 bits per heavy atom. The summed E-state index contributed by atoms with van der Waals surface area (Å²) in [5.74, 6) is 3.16. The number of fused-ring (bicyclic) bond motifs is 1. The van der Waals surface area contributed by atoms with Crippen molar-refractivity contribution in [1.82, 2.24) is 25.0 Å². The highest BCUT2D eigenvalue weighted by atomic mass is 16.5. The Balaban J connectivity index is 1.42. The van der Waals surface area contributed by atoms with Crippen molar-refractivity contribution in [2.24, 2.45) is 0 Å². The molecule has 0 aliphatic carbocycles. The second-order valence-electron chi connectivity index (χ2n) is 8.12. The van der Waals surface area contributed by atoms with Crippen LogP contribution in [0.2, 0.25) is 0 Å². The minimum absolute atomic E-state index is 0.165. The van der Waals surface area contributed by atoms with Gasteiger partial charge >= 0.3 is 0 Å². The second kappa shape index (κ2) is 10.5. The van der Waals surface area contributed by atoms with Gasteiger partial charge in [0.05, 0.1) is 19.8 Å². The zero-order chi connectivity index (χ0) is 23.2. The van der Waals surface area contributed by atoms with Crippen molar-refractivity contribution in [3.8, 4) is 11.5 Å².